The average Bonchev–Trinajstić information content (AvgIpc) is 2.97. The molecule has 0 bridgehead atoms. The van der Waals surface area contributed by atoms with Gasteiger partial charge in [0.1, 0.15) is 15.5 Å². The second-order valence-corrected chi connectivity index (χ2v) is 7.42. The van der Waals surface area contributed by atoms with E-state index in [0.717, 1.165) is 11.3 Å². The molecule has 3 rings (SSSR count). The molecule has 7 nitrogen and oxygen atoms in total. The maximum atomic E-state index is 12.5. The van der Waals surface area contributed by atoms with Crippen molar-refractivity contribution in [1.29, 1.82) is 0 Å². The van der Waals surface area contributed by atoms with Gasteiger partial charge in [-0.15, -0.1) is 11.3 Å². The molecule has 0 unspecified atom stereocenters. The number of nitrogens with zero attached hydrogens (tertiary/aromatic N) is 3. The minimum Gasteiger partial charge on any atom is -0.497 e. The van der Waals surface area contributed by atoms with Gasteiger partial charge in [-0.1, -0.05) is 23.9 Å². The number of fused-ring (bicyclic) bond motifs is 1. The number of ether oxygens (including phenoxy) is 1. The first-order valence-electron chi connectivity index (χ1n) is 7.71. The number of thioether (sulfide) groups is 1. The van der Waals surface area contributed by atoms with Crippen molar-refractivity contribution in [1.82, 2.24) is 20.4 Å². The zero-order valence-electron chi connectivity index (χ0n) is 14.9. The summed E-state index contributed by atoms with van der Waals surface area (Å²) in [6.45, 7) is 0. The molecule has 0 spiro atoms. The molecule has 0 saturated heterocycles. The number of benzene rings is 1. The molecule has 0 aliphatic rings. The Morgan fingerprint density at radius 3 is 2.77 bits per heavy atom. The van der Waals surface area contributed by atoms with Crippen molar-refractivity contribution in [3.8, 4) is 17.0 Å². The van der Waals surface area contributed by atoms with Gasteiger partial charge in [0.15, 0.2) is 5.16 Å². The van der Waals surface area contributed by atoms with E-state index in [2.05, 4.69) is 15.4 Å². The molecule has 26 heavy (non-hydrogen) atoms. The normalized spacial score (nSPS) is 11.1. The highest BCUT2D eigenvalue weighted by Gasteiger charge is 2.22. The lowest BCUT2D eigenvalue weighted by atomic mass is 10.1. The van der Waals surface area contributed by atoms with E-state index >= 15 is 0 Å². The van der Waals surface area contributed by atoms with Crippen LogP contribution in [0.25, 0.3) is 21.5 Å². The van der Waals surface area contributed by atoms with Gasteiger partial charge in [0.25, 0.3) is 5.91 Å². The van der Waals surface area contributed by atoms with Gasteiger partial charge in [0.05, 0.1) is 23.9 Å². The fraction of sp³-hybridized carbons (Fsp3) is 0.235. The summed E-state index contributed by atoms with van der Waals surface area (Å²) in [5.41, 5.74) is 11.0. The third kappa shape index (κ3) is 3.46. The SMILES string of the molecule is COc1cccc(-c2nc(SC)nc3sc(C(=O)NN(C)C)c(N)c23)c1. The topological polar surface area (TPSA) is 93.4 Å². The second-order valence-electron chi connectivity index (χ2n) is 5.65. The van der Waals surface area contributed by atoms with Crippen molar-refractivity contribution in [2.24, 2.45) is 0 Å². The lowest BCUT2D eigenvalue weighted by Crippen LogP contribution is -2.35. The first-order chi connectivity index (χ1) is 12.4. The smallest absolute Gasteiger partial charge is 0.277 e. The van der Waals surface area contributed by atoms with E-state index in [-0.39, 0.29) is 5.91 Å². The van der Waals surface area contributed by atoms with Crippen LogP contribution in [0.15, 0.2) is 29.4 Å². The Morgan fingerprint density at radius 1 is 1.35 bits per heavy atom. The summed E-state index contributed by atoms with van der Waals surface area (Å²) in [6.07, 6.45) is 1.91. The average molecular weight is 390 g/mol. The number of hydrogen-bond donors (Lipinski definition) is 2. The number of carbonyl (C=O) groups is 1. The molecule has 3 N–H and O–H groups in total. The van der Waals surface area contributed by atoms with Gasteiger partial charge in [0, 0.05) is 19.7 Å². The van der Waals surface area contributed by atoms with Crippen LogP contribution >= 0.6 is 23.1 Å². The molecule has 0 saturated carbocycles. The number of nitrogen functional groups attached to an aromatic ring is 1. The number of rotatable bonds is 5. The van der Waals surface area contributed by atoms with Gasteiger partial charge < -0.3 is 10.5 Å². The van der Waals surface area contributed by atoms with Crippen LogP contribution in [-0.2, 0) is 0 Å². The van der Waals surface area contributed by atoms with Gasteiger partial charge in [-0.3, -0.25) is 10.2 Å². The minimum atomic E-state index is -0.266. The Morgan fingerprint density at radius 2 is 2.12 bits per heavy atom. The summed E-state index contributed by atoms with van der Waals surface area (Å²) >= 11 is 2.70. The van der Waals surface area contributed by atoms with Gasteiger partial charge in [-0.05, 0) is 18.4 Å². The Labute approximate surface area is 159 Å². The number of methoxy groups -OCH3 is 1. The number of aromatic nitrogens is 2. The monoisotopic (exact) mass is 389 g/mol. The highest BCUT2D eigenvalue weighted by Crippen LogP contribution is 2.39. The molecule has 2 heterocycles. The van der Waals surface area contributed by atoms with Crippen LogP contribution in [0, 0.1) is 0 Å². The number of nitrogens with two attached hydrogens (primary N) is 1. The predicted octanol–water partition coefficient (Wildman–Crippen LogP) is 2.88. The Kier molecular flexibility index (Phi) is 5.30. The molecule has 0 atom stereocenters. The van der Waals surface area contributed by atoms with Gasteiger partial charge in [-0.25, -0.2) is 15.0 Å². The fourth-order valence-electron chi connectivity index (χ4n) is 2.50. The highest BCUT2D eigenvalue weighted by atomic mass is 32.2. The molecular weight excluding hydrogens is 370 g/mol. The van der Waals surface area contributed by atoms with Crippen LogP contribution in [0.2, 0.25) is 0 Å². The number of amides is 1. The first kappa shape index (κ1) is 18.4. The quantitative estimate of drug-likeness (QED) is 0.394. The molecule has 2 aromatic heterocycles. The summed E-state index contributed by atoms with van der Waals surface area (Å²) < 4.78 is 5.32. The van der Waals surface area contributed by atoms with Crippen LogP contribution in [0.3, 0.4) is 0 Å². The van der Waals surface area contributed by atoms with Crippen molar-refractivity contribution in [2.75, 3.05) is 33.2 Å². The summed E-state index contributed by atoms with van der Waals surface area (Å²) in [5.74, 6) is 0.456. The fourth-order valence-corrected chi connectivity index (χ4v) is 3.90. The Balaban J connectivity index is 2.24. The van der Waals surface area contributed by atoms with Gasteiger partial charge in [0.2, 0.25) is 0 Å². The van der Waals surface area contributed by atoms with E-state index in [9.17, 15) is 4.79 Å². The van der Waals surface area contributed by atoms with Gasteiger partial charge >= 0.3 is 0 Å². The van der Waals surface area contributed by atoms with Crippen LogP contribution in [0.5, 0.6) is 5.75 Å². The lowest BCUT2D eigenvalue weighted by molar-refractivity contribution is 0.0862. The van der Waals surface area contributed by atoms with Gasteiger partial charge in [-0.2, -0.15) is 0 Å². The molecular formula is C17H19N5O2S2. The van der Waals surface area contributed by atoms with E-state index in [4.69, 9.17) is 10.5 Å². The van der Waals surface area contributed by atoms with Crippen molar-refractivity contribution in [3.05, 3.63) is 29.1 Å². The van der Waals surface area contributed by atoms with Crippen LogP contribution < -0.4 is 15.9 Å². The summed E-state index contributed by atoms with van der Waals surface area (Å²) in [7, 11) is 5.11. The molecule has 3 aromatic rings. The third-order valence-electron chi connectivity index (χ3n) is 3.63. The third-order valence-corrected chi connectivity index (χ3v) is 5.27. The molecule has 0 radical (unpaired) electrons. The van der Waals surface area contributed by atoms with Crippen molar-refractivity contribution in [3.63, 3.8) is 0 Å². The molecule has 1 aromatic carbocycles. The molecule has 0 aliphatic carbocycles. The highest BCUT2D eigenvalue weighted by molar-refractivity contribution is 7.98. The number of nitrogens with one attached hydrogen (secondary N) is 1. The molecule has 0 aliphatic heterocycles. The van der Waals surface area contributed by atoms with E-state index < -0.39 is 0 Å². The molecule has 9 heteroatoms. The lowest BCUT2D eigenvalue weighted by Gasteiger charge is -2.11. The number of anilines is 1. The van der Waals surface area contributed by atoms with Crippen LogP contribution in [-0.4, -0.2) is 48.3 Å². The Hall–Kier alpha value is -2.36. The standard InChI is InChI=1S/C17H19N5O2S2/c1-22(2)21-15(23)14-12(18)11-13(9-6-5-7-10(8-9)24-3)19-17(25-4)20-16(11)26-14/h5-8H,18H2,1-4H3,(H,21,23). The minimum absolute atomic E-state index is 0.266. The van der Waals surface area contributed by atoms with Crippen LogP contribution in [0.1, 0.15) is 9.67 Å². The van der Waals surface area contributed by atoms with Crippen molar-refractivity contribution in [2.45, 2.75) is 5.16 Å². The first-order valence-corrected chi connectivity index (χ1v) is 9.75. The Bertz CT molecular complexity index is 971. The second kappa shape index (κ2) is 7.48. The van der Waals surface area contributed by atoms with E-state index in [1.807, 2.05) is 30.5 Å². The molecule has 1 amide bonds. The molecule has 136 valence electrons. The van der Waals surface area contributed by atoms with E-state index in [0.29, 0.717) is 31.6 Å². The van der Waals surface area contributed by atoms with E-state index in [1.54, 1.807) is 26.2 Å². The van der Waals surface area contributed by atoms with E-state index in [1.165, 1.54) is 23.1 Å². The number of hydrazine groups is 1. The summed E-state index contributed by atoms with van der Waals surface area (Å²) in [6, 6.07) is 7.58. The number of hydrogen-bond acceptors (Lipinski definition) is 8. The predicted molar refractivity (Wildman–Crippen MR) is 107 cm³/mol. The zero-order chi connectivity index (χ0) is 18.8. The van der Waals surface area contributed by atoms with Crippen molar-refractivity contribution >= 4 is 44.9 Å². The maximum absolute atomic E-state index is 12.5. The summed E-state index contributed by atoms with van der Waals surface area (Å²) in [5, 5.41) is 2.88. The zero-order valence-corrected chi connectivity index (χ0v) is 16.5. The number of carbonyl (C=O) groups excluding carboxylic acids is 1. The number of thiophene rings is 1. The largest absolute Gasteiger partial charge is 0.497 e. The van der Waals surface area contributed by atoms with Crippen molar-refractivity contribution < 1.29 is 9.53 Å². The molecule has 0 fully saturated rings. The van der Waals surface area contributed by atoms with Crippen LogP contribution in [0.4, 0.5) is 5.69 Å². The summed E-state index contributed by atoms with van der Waals surface area (Å²) in [4.78, 5) is 22.7. The maximum Gasteiger partial charge on any atom is 0.277 e.